The van der Waals surface area contributed by atoms with E-state index in [1.54, 1.807) is 7.11 Å². The van der Waals surface area contributed by atoms with Gasteiger partial charge in [0.2, 0.25) is 0 Å². The SMILES string of the molecule is CCOC1=CCCC1OC. The molecule has 58 valence electrons. The van der Waals surface area contributed by atoms with Gasteiger partial charge in [0.05, 0.1) is 6.61 Å². The van der Waals surface area contributed by atoms with Crippen LogP contribution >= 0.6 is 0 Å². The highest BCUT2D eigenvalue weighted by molar-refractivity contribution is 5.07. The molecule has 0 aromatic carbocycles. The average Bonchev–Trinajstić information content (AvgIpc) is 2.36. The van der Waals surface area contributed by atoms with Crippen LogP contribution in [-0.4, -0.2) is 19.8 Å². The molecule has 0 aromatic heterocycles. The van der Waals surface area contributed by atoms with Crippen LogP contribution < -0.4 is 0 Å². The van der Waals surface area contributed by atoms with Crippen LogP contribution in [0.5, 0.6) is 0 Å². The van der Waals surface area contributed by atoms with Crippen molar-refractivity contribution >= 4 is 0 Å². The molecule has 2 heteroatoms. The summed E-state index contributed by atoms with van der Waals surface area (Å²) in [5, 5.41) is 0. The molecule has 0 fully saturated rings. The molecule has 0 aromatic rings. The van der Waals surface area contributed by atoms with Gasteiger partial charge in [-0.15, -0.1) is 0 Å². The number of ether oxygens (including phenoxy) is 2. The second-order valence-electron chi connectivity index (χ2n) is 2.34. The summed E-state index contributed by atoms with van der Waals surface area (Å²) in [7, 11) is 1.73. The van der Waals surface area contributed by atoms with E-state index in [0.717, 1.165) is 25.2 Å². The van der Waals surface area contributed by atoms with Crippen molar-refractivity contribution in [3.63, 3.8) is 0 Å². The van der Waals surface area contributed by atoms with Crippen molar-refractivity contribution in [3.8, 4) is 0 Å². The summed E-state index contributed by atoms with van der Waals surface area (Å²) in [5.74, 6) is 1.02. The third kappa shape index (κ3) is 1.51. The summed E-state index contributed by atoms with van der Waals surface area (Å²) in [6.07, 6.45) is 4.50. The Hall–Kier alpha value is -0.500. The molecule has 0 spiro atoms. The highest BCUT2D eigenvalue weighted by Crippen LogP contribution is 2.21. The molecule has 0 heterocycles. The molecule has 1 rings (SSSR count). The fourth-order valence-electron chi connectivity index (χ4n) is 1.20. The number of methoxy groups -OCH3 is 1. The van der Waals surface area contributed by atoms with E-state index in [2.05, 4.69) is 6.08 Å². The molecule has 0 radical (unpaired) electrons. The lowest BCUT2D eigenvalue weighted by atomic mass is 10.3. The van der Waals surface area contributed by atoms with Gasteiger partial charge in [-0.3, -0.25) is 0 Å². The monoisotopic (exact) mass is 142 g/mol. The Morgan fingerprint density at radius 3 is 3.10 bits per heavy atom. The normalized spacial score (nSPS) is 24.6. The van der Waals surface area contributed by atoms with Crippen molar-refractivity contribution in [3.05, 3.63) is 11.8 Å². The maximum absolute atomic E-state index is 5.34. The summed E-state index contributed by atoms with van der Waals surface area (Å²) in [6.45, 7) is 2.73. The lowest BCUT2D eigenvalue weighted by molar-refractivity contribution is 0.0716. The first-order chi connectivity index (χ1) is 4.88. The Kier molecular flexibility index (Phi) is 2.75. The molecule has 0 amide bonds. The van der Waals surface area contributed by atoms with Gasteiger partial charge in [-0.2, -0.15) is 0 Å². The van der Waals surface area contributed by atoms with Crippen LogP contribution in [0.1, 0.15) is 19.8 Å². The van der Waals surface area contributed by atoms with Gasteiger partial charge < -0.3 is 9.47 Å². The summed E-state index contributed by atoms with van der Waals surface area (Å²) in [4.78, 5) is 0. The third-order valence-electron chi connectivity index (χ3n) is 1.69. The molecule has 1 aliphatic rings. The molecule has 1 aliphatic carbocycles. The first-order valence-electron chi connectivity index (χ1n) is 3.74. The highest BCUT2D eigenvalue weighted by Gasteiger charge is 2.18. The molecule has 1 atom stereocenters. The van der Waals surface area contributed by atoms with E-state index < -0.39 is 0 Å². The molecule has 0 saturated heterocycles. The van der Waals surface area contributed by atoms with Crippen LogP contribution in [0.3, 0.4) is 0 Å². The van der Waals surface area contributed by atoms with Gasteiger partial charge in [-0.05, 0) is 25.8 Å². The van der Waals surface area contributed by atoms with Crippen molar-refractivity contribution in [2.75, 3.05) is 13.7 Å². The van der Waals surface area contributed by atoms with E-state index in [4.69, 9.17) is 9.47 Å². The minimum atomic E-state index is 0.222. The fraction of sp³-hybridized carbons (Fsp3) is 0.750. The molecule has 2 nitrogen and oxygen atoms in total. The average molecular weight is 142 g/mol. The van der Waals surface area contributed by atoms with E-state index >= 15 is 0 Å². The van der Waals surface area contributed by atoms with Crippen LogP contribution in [-0.2, 0) is 9.47 Å². The number of hydrogen-bond donors (Lipinski definition) is 0. The van der Waals surface area contributed by atoms with E-state index in [9.17, 15) is 0 Å². The molecule has 0 saturated carbocycles. The maximum atomic E-state index is 5.34. The van der Waals surface area contributed by atoms with Gasteiger partial charge in [0.1, 0.15) is 11.9 Å². The van der Waals surface area contributed by atoms with Gasteiger partial charge in [0, 0.05) is 7.11 Å². The van der Waals surface area contributed by atoms with E-state index in [1.165, 1.54) is 0 Å². The minimum Gasteiger partial charge on any atom is -0.496 e. The zero-order valence-corrected chi connectivity index (χ0v) is 6.59. The first kappa shape index (κ1) is 7.61. The molecule has 1 unspecified atom stereocenters. The summed E-state index contributed by atoms with van der Waals surface area (Å²) in [5.41, 5.74) is 0. The van der Waals surface area contributed by atoms with Gasteiger partial charge in [-0.25, -0.2) is 0 Å². The second-order valence-corrected chi connectivity index (χ2v) is 2.34. The second kappa shape index (κ2) is 3.62. The predicted octanol–water partition coefficient (Wildman–Crippen LogP) is 1.72. The highest BCUT2D eigenvalue weighted by atomic mass is 16.5. The van der Waals surface area contributed by atoms with Gasteiger partial charge in [-0.1, -0.05) is 0 Å². The lowest BCUT2D eigenvalue weighted by Gasteiger charge is -2.12. The van der Waals surface area contributed by atoms with Gasteiger partial charge >= 0.3 is 0 Å². The van der Waals surface area contributed by atoms with Crippen LogP contribution in [0.15, 0.2) is 11.8 Å². The van der Waals surface area contributed by atoms with Crippen molar-refractivity contribution in [1.29, 1.82) is 0 Å². The third-order valence-corrected chi connectivity index (χ3v) is 1.69. The molecular weight excluding hydrogens is 128 g/mol. The zero-order valence-electron chi connectivity index (χ0n) is 6.59. The quantitative estimate of drug-likeness (QED) is 0.597. The summed E-state index contributed by atoms with van der Waals surface area (Å²) >= 11 is 0. The largest absolute Gasteiger partial charge is 0.496 e. The standard InChI is InChI=1S/C8H14O2/c1-3-10-8-6-4-5-7(8)9-2/h6-7H,3-5H2,1-2H3. The molecule has 0 bridgehead atoms. The van der Waals surface area contributed by atoms with Crippen molar-refractivity contribution in [1.82, 2.24) is 0 Å². The van der Waals surface area contributed by atoms with E-state index in [-0.39, 0.29) is 6.10 Å². The maximum Gasteiger partial charge on any atom is 0.121 e. The Balaban J connectivity index is 2.40. The molecule has 0 aliphatic heterocycles. The number of rotatable bonds is 3. The lowest BCUT2D eigenvalue weighted by Crippen LogP contribution is -2.11. The Bertz CT molecular complexity index is 129. The topological polar surface area (TPSA) is 18.5 Å². The minimum absolute atomic E-state index is 0.222. The van der Waals surface area contributed by atoms with Crippen molar-refractivity contribution < 1.29 is 9.47 Å². The van der Waals surface area contributed by atoms with E-state index in [1.807, 2.05) is 6.92 Å². The Labute approximate surface area is 61.8 Å². The van der Waals surface area contributed by atoms with Crippen LogP contribution in [0.25, 0.3) is 0 Å². The van der Waals surface area contributed by atoms with E-state index in [0.29, 0.717) is 0 Å². The fourth-order valence-corrected chi connectivity index (χ4v) is 1.20. The first-order valence-corrected chi connectivity index (χ1v) is 3.74. The Morgan fingerprint density at radius 1 is 1.70 bits per heavy atom. The number of hydrogen-bond acceptors (Lipinski definition) is 2. The molecule has 0 N–H and O–H groups in total. The predicted molar refractivity (Wildman–Crippen MR) is 39.7 cm³/mol. The zero-order chi connectivity index (χ0) is 7.40. The number of allylic oxidation sites excluding steroid dienone is 1. The van der Waals surface area contributed by atoms with Crippen LogP contribution in [0.2, 0.25) is 0 Å². The Morgan fingerprint density at radius 2 is 2.50 bits per heavy atom. The molecular formula is C8H14O2. The van der Waals surface area contributed by atoms with Gasteiger partial charge in [0.25, 0.3) is 0 Å². The van der Waals surface area contributed by atoms with Crippen LogP contribution in [0.4, 0.5) is 0 Å². The van der Waals surface area contributed by atoms with Crippen molar-refractivity contribution in [2.24, 2.45) is 0 Å². The van der Waals surface area contributed by atoms with Gasteiger partial charge in [0.15, 0.2) is 0 Å². The smallest absolute Gasteiger partial charge is 0.121 e. The van der Waals surface area contributed by atoms with Crippen LogP contribution in [0, 0.1) is 0 Å². The molecule has 10 heavy (non-hydrogen) atoms. The summed E-state index contributed by atoms with van der Waals surface area (Å²) in [6, 6.07) is 0. The summed E-state index contributed by atoms with van der Waals surface area (Å²) < 4.78 is 10.5. The van der Waals surface area contributed by atoms with Crippen molar-refractivity contribution in [2.45, 2.75) is 25.9 Å².